The minimum absolute atomic E-state index is 0.142. The van der Waals surface area contributed by atoms with E-state index in [1.807, 2.05) is 45.0 Å². The Kier molecular flexibility index (Phi) is 5.85. The van der Waals surface area contributed by atoms with Crippen LogP contribution in [0.15, 0.2) is 41.3 Å². The molecule has 24 heavy (non-hydrogen) atoms. The van der Waals surface area contributed by atoms with E-state index in [0.717, 1.165) is 22.4 Å². The maximum atomic E-state index is 12.5. The van der Waals surface area contributed by atoms with Crippen LogP contribution in [0.25, 0.3) is 0 Å². The van der Waals surface area contributed by atoms with Crippen LogP contribution in [0.1, 0.15) is 16.7 Å². The van der Waals surface area contributed by atoms with Gasteiger partial charge in [-0.1, -0.05) is 12.1 Å². The summed E-state index contributed by atoms with van der Waals surface area (Å²) in [5, 5.41) is 0. The molecule has 130 valence electrons. The molecule has 2 aromatic carbocycles. The van der Waals surface area contributed by atoms with Gasteiger partial charge in [0.05, 0.1) is 7.11 Å². The quantitative estimate of drug-likeness (QED) is 0.781. The fourth-order valence-corrected chi connectivity index (χ4v) is 3.51. The monoisotopic (exact) mass is 349 g/mol. The minimum Gasteiger partial charge on any atom is -0.495 e. The first-order chi connectivity index (χ1) is 11.3. The summed E-state index contributed by atoms with van der Waals surface area (Å²) >= 11 is 0. The summed E-state index contributed by atoms with van der Waals surface area (Å²) in [7, 11) is -2.20. The van der Waals surface area contributed by atoms with E-state index in [2.05, 4.69) is 4.72 Å². The van der Waals surface area contributed by atoms with Crippen molar-refractivity contribution >= 4 is 10.0 Å². The lowest BCUT2D eigenvalue weighted by Crippen LogP contribution is -2.28. The van der Waals surface area contributed by atoms with Crippen LogP contribution in [-0.2, 0) is 10.0 Å². The fraction of sp³-hybridized carbons (Fsp3) is 0.333. The van der Waals surface area contributed by atoms with Crippen LogP contribution in [0.2, 0.25) is 0 Å². The van der Waals surface area contributed by atoms with E-state index in [9.17, 15) is 8.42 Å². The molecule has 0 radical (unpaired) electrons. The van der Waals surface area contributed by atoms with E-state index >= 15 is 0 Å². The van der Waals surface area contributed by atoms with Gasteiger partial charge >= 0.3 is 0 Å². The molecule has 2 rings (SSSR count). The van der Waals surface area contributed by atoms with Crippen molar-refractivity contribution in [3.63, 3.8) is 0 Å². The second-order valence-electron chi connectivity index (χ2n) is 5.65. The van der Waals surface area contributed by atoms with Gasteiger partial charge in [-0.3, -0.25) is 0 Å². The van der Waals surface area contributed by atoms with Gasteiger partial charge in [0.25, 0.3) is 0 Å². The Labute approximate surface area is 143 Å². The molecule has 0 amide bonds. The summed E-state index contributed by atoms with van der Waals surface area (Å²) in [6.07, 6.45) is 0. The molecule has 0 unspecified atom stereocenters. The maximum Gasteiger partial charge on any atom is 0.244 e. The van der Waals surface area contributed by atoms with Crippen molar-refractivity contribution in [1.29, 1.82) is 0 Å². The molecular formula is C18H23NO4S. The van der Waals surface area contributed by atoms with E-state index in [4.69, 9.17) is 9.47 Å². The first-order valence-electron chi connectivity index (χ1n) is 7.68. The van der Waals surface area contributed by atoms with Crippen molar-refractivity contribution in [2.24, 2.45) is 0 Å². The summed E-state index contributed by atoms with van der Waals surface area (Å²) in [6, 6.07) is 11.0. The second-order valence-corrected chi connectivity index (χ2v) is 7.39. The third kappa shape index (κ3) is 4.49. The van der Waals surface area contributed by atoms with Crippen LogP contribution in [0.3, 0.4) is 0 Å². The zero-order valence-electron chi connectivity index (χ0n) is 14.4. The largest absolute Gasteiger partial charge is 0.495 e. The van der Waals surface area contributed by atoms with Crippen molar-refractivity contribution < 1.29 is 17.9 Å². The Morgan fingerprint density at radius 1 is 1.04 bits per heavy atom. The van der Waals surface area contributed by atoms with Gasteiger partial charge in [-0.25, -0.2) is 13.1 Å². The van der Waals surface area contributed by atoms with Crippen LogP contribution in [0, 0.1) is 20.8 Å². The molecule has 6 heteroatoms. The molecule has 0 atom stereocenters. The van der Waals surface area contributed by atoms with Crippen molar-refractivity contribution in [2.45, 2.75) is 25.7 Å². The van der Waals surface area contributed by atoms with E-state index < -0.39 is 10.0 Å². The number of ether oxygens (including phenoxy) is 2. The highest BCUT2D eigenvalue weighted by Crippen LogP contribution is 2.27. The van der Waals surface area contributed by atoms with Gasteiger partial charge in [-0.05, 0) is 61.7 Å². The average Bonchev–Trinajstić information content (AvgIpc) is 2.53. The third-order valence-corrected chi connectivity index (χ3v) is 5.20. The zero-order chi connectivity index (χ0) is 17.7. The van der Waals surface area contributed by atoms with Crippen molar-refractivity contribution in [3.8, 4) is 11.5 Å². The van der Waals surface area contributed by atoms with E-state index in [0.29, 0.717) is 5.75 Å². The Morgan fingerprint density at radius 3 is 2.42 bits per heavy atom. The van der Waals surface area contributed by atoms with E-state index in [1.54, 1.807) is 12.1 Å². The summed E-state index contributed by atoms with van der Waals surface area (Å²) in [4.78, 5) is 0.142. The number of sulfonamides is 1. The highest BCUT2D eigenvalue weighted by molar-refractivity contribution is 7.89. The molecule has 0 aliphatic rings. The number of aryl methyl sites for hydroxylation is 3. The van der Waals surface area contributed by atoms with Gasteiger partial charge < -0.3 is 9.47 Å². The lowest BCUT2D eigenvalue weighted by Gasteiger charge is -2.13. The molecule has 0 bridgehead atoms. The van der Waals surface area contributed by atoms with Crippen molar-refractivity contribution in [3.05, 3.63) is 53.1 Å². The molecule has 0 spiro atoms. The van der Waals surface area contributed by atoms with Gasteiger partial charge in [-0.2, -0.15) is 0 Å². The minimum atomic E-state index is -3.66. The third-order valence-electron chi connectivity index (χ3n) is 3.72. The maximum absolute atomic E-state index is 12.5. The standard InChI is InChI=1S/C18H23NO4S/c1-13-6-5-7-16(10-13)23-9-8-19-24(20,21)18-12-15(3)14(2)11-17(18)22-4/h5-7,10-12,19H,8-9H2,1-4H3. The lowest BCUT2D eigenvalue weighted by atomic mass is 10.1. The highest BCUT2D eigenvalue weighted by atomic mass is 32.2. The Balaban J connectivity index is 2.02. The van der Waals surface area contributed by atoms with Crippen LogP contribution in [-0.4, -0.2) is 28.7 Å². The van der Waals surface area contributed by atoms with Gasteiger partial charge in [-0.15, -0.1) is 0 Å². The van der Waals surface area contributed by atoms with E-state index in [-0.39, 0.29) is 18.0 Å². The summed E-state index contributed by atoms with van der Waals surface area (Å²) in [5.41, 5.74) is 2.97. The second kappa shape index (κ2) is 7.68. The van der Waals surface area contributed by atoms with Gasteiger partial charge in [0.1, 0.15) is 23.0 Å². The molecule has 0 aliphatic heterocycles. The molecule has 5 nitrogen and oxygen atoms in total. The van der Waals surface area contributed by atoms with Crippen molar-refractivity contribution in [2.75, 3.05) is 20.3 Å². The normalized spacial score (nSPS) is 11.3. The predicted molar refractivity (Wildman–Crippen MR) is 94.3 cm³/mol. The first-order valence-corrected chi connectivity index (χ1v) is 9.16. The SMILES string of the molecule is COc1cc(C)c(C)cc1S(=O)(=O)NCCOc1cccc(C)c1. The van der Waals surface area contributed by atoms with Gasteiger partial charge in [0, 0.05) is 6.54 Å². The molecule has 0 aromatic heterocycles. The van der Waals surface area contributed by atoms with Crippen molar-refractivity contribution in [1.82, 2.24) is 4.72 Å². The Bertz CT molecular complexity index is 816. The first kappa shape index (κ1) is 18.3. The van der Waals surface area contributed by atoms with Crippen LogP contribution in [0.4, 0.5) is 0 Å². The smallest absolute Gasteiger partial charge is 0.244 e. The molecule has 0 fully saturated rings. The number of rotatable bonds is 7. The summed E-state index contributed by atoms with van der Waals surface area (Å²) in [5.74, 6) is 1.06. The lowest BCUT2D eigenvalue weighted by molar-refractivity contribution is 0.322. The predicted octanol–water partition coefficient (Wildman–Crippen LogP) is 2.98. The zero-order valence-corrected chi connectivity index (χ0v) is 15.2. The highest BCUT2D eigenvalue weighted by Gasteiger charge is 2.20. The van der Waals surface area contributed by atoms with Gasteiger partial charge in [0.2, 0.25) is 10.0 Å². The Hall–Kier alpha value is -2.05. The molecule has 0 heterocycles. The molecule has 1 N–H and O–H groups in total. The average molecular weight is 349 g/mol. The number of hydrogen-bond acceptors (Lipinski definition) is 4. The van der Waals surface area contributed by atoms with Crippen LogP contribution >= 0.6 is 0 Å². The number of methoxy groups -OCH3 is 1. The van der Waals surface area contributed by atoms with Crippen LogP contribution < -0.4 is 14.2 Å². The van der Waals surface area contributed by atoms with Gasteiger partial charge in [0.15, 0.2) is 0 Å². The molecular weight excluding hydrogens is 326 g/mol. The fourth-order valence-electron chi connectivity index (χ4n) is 2.26. The molecule has 0 saturated heterocycles. The topological polar surface area (TPSA) is 64.6 Å². The Morgan fingerprint density at radius 2 is 1.75 bits per heavy atom. The van der Waals surface area contributed by atoms with Crippen LogP contribution in [0.5, 0.6) is 11.5 Å². The number of benzene rings is 2. The number of hydrogen-bond donors (Lipinski definition) is 1. The summed E-state index contributed by atoms with van der Waals surface area (Å²) < 4.78 is 38.3. The number of nitrogens with one attached hydrogen (secondary N) is 1. The molecule has 0 aliphatic carbocycles. The summed E-state index contributed by atoms with van der Waals surface area (Å²) in [6.45, 7) is 6.18. The molecule has 2 aromatic rings. The molecule has 0 saturated carbocycles. The van der Waals surface area contributed by atoms with E-state index in [1.165, 1.54) is 7.11 Å².